The van der Waals surface area contributed by atoms with Crippen LogP contribution in [0.2, 0.25) is 0 Å². The molecule has 2 aromatic rings. The van der Waals surface area contributed by atoms with Gasteiger partial charge in [-0.15, -0.1) is 0 Å². The summed E-state index contributed by atoms with van der Waals surface area (Å²) in [5.41, 5.74) is 2.24. The molecule has 20 heavy (non-hydrogen) atoms. The zero-order chi connectivity index (χ0) is 14.5. The Kier molecular flexibility index (Phi) is 4.21. The third-order valence-corrected chi connectivity index (χ3v) is 3.07. The molecule has 2 rings (SSSR count). The van der Waals surface area contributed by atoms with Gasteiger partial charge >= 0.3 is 0 Å². The van der Waals surface area contributed by atoms with Crippen LogP contribution in [-0.2, 0) is 6.54 Å². The first-order valence-corrected chi connectivity index (χ1v) is 6.18. The number of rotatable bonds is 4. The van der Waals surface area contributed by atoms with Gasteiger partial charge in [-0.25, -0.2) is 4.39 Å². The molecule has 0 aliphatic rings. The molecule has 102 valence electrons. The van der Waals surface area contributed by atoms with Crippen LogP contribution in [0.3, 0.4) is 0 Å². The van der Waals surface area contributed by atoms with Crippen LogP contribution in [0, 0.1) is 17.1 Å². The van der Waals surface area contributed by atoms with Crippen molar-refractivity contribution in [3.63, 3.8) is 0 Å². The number of para-hydroxylation sites is 1. The molecule has 0 N–H and O–H groups in total. The van der Waals surface area contributed by atoms with Gasteiger partial charge in [0, 0.05) is 13.6 Å². The fraction of sp³-hybridized carbons (Fsp3) is 0.188. The Bertz CT molecular complexity index is 649. The first kappa shape index (κ1) is 13.9. The van der Waals surface area contributed by atoms with Gasteiger partial charge in [-0.05, 0) is 29.8 Å². The highest BCUT2D eigenvalue weighted by Crippen LogP contribution is 2.22. The molecule has 0 bridgehead atoms. The smallest absolute Gasteiger partial charge is 0.165 e. The van der Waals surface area contributed by atoms with E-state index in [1.165, 1.54) is 13.2 Å². The Labute approximate surface area is 117 Å². The van der Waals surface area contributed by atoms with E-state index in [0.717, 1.165) is 11.3 Å². The van der Waals surface area contributed by atoms with Crippen molar-refractivity contribution in [2.45, 2.75) is 6.54 Å². The molecule has 0 atom stereocenters. The van der Waals surface area contributed by atoms with Gasteiger partial charge in [-0.3, -0.25) is 0 Å². The van der Waals surface area contributed by atoms with Gasteiger partial charge in [0.05, 0.1) is 18.4 Å². The summed E-state index contributed by atoms with van der Waals surface area (Å²) in [6.45, 7) is 0.513. The van der Waals surface area contributed by atoms with Gasteiger partial charge in [0.2, 0.25) is 0 Å². The summed E-state index contributed by atoms with van der Waals surface area (Å²) in [4.78, 5) is 1.92. The summed E-state index contributed by atoms with van der Waals surface area (Å²) in [6.07, 6.45) is 0. The van der Waals surface area contributed by atoms with E-state index in [-0.39, 0.29) is 11.6 Å². The normalized spacial score (nSPS) is 9.90. The number of benzene rings is 2. The van der Waals surface area contributed by atoms with Gasteiger partial charge in [-0.1, -0.05) is 18.2 Å². The summed E-state index contributed by atoms with van der Waals surface area (Å²) in [5, 5.41) is 9.09. The minimum Gasteiger partial charge on any atom is -0.494 e. The van der Waals surface area contributed by atoms with Crippen LogP contribution in [0.4, 0.5) is 10.1 Å². The Hall–Kier alpha value is -2.54. The van der Waals surface area contributed by atoms with Crippen molar-refractivity contribution < 1.29 is 9.13 Å². The quantitative estimate of drug-likeness (QED) is 0.855. The first-order valence-electron chi connectivity index (χ1n) is 6.18. The van der Waals surface area contributed by atoms with E-state index in [0.29, 0.717) is 12.1 Å². The average Bonchev–Trinajstić information content (AvgIpc) is 2.47. The number of hydrogen-bond acceptors (Lipinski definition) is 3. The highest BCUT2D eigenvalue weighted by Gasteiger charge is 2.09. The minimum atomic E-state index is -0.382. The molecule has 0 amide bonds. The van der Waals surface area contributed by atoms with E-state index in [1.807, 2.05) is 36.2 Å². The number of ether oxygens (including phenoxy) is 1. The lowest BCUT2D eigenvalue weighted by Crippen LogP contribution is -2.17. The van der Waals surface area contributed by atoms with Crippen LogP contribution in [0.25, 0.3) is 0 Å². The maximum Gasteiger partial charge on any atom is 0.165 e. The fourth-order valence-electron chi connectivity index (χ4n) is 2.07. The van der Waals surface area contributed by atoms with Crippen molar-refractivity contribution in [2.24, 2.45) is 0 Å². The topological polar surface area (TPSA) is 36.3 Å². The number of methoxy groups -OCH3 is 1. The summed E-state index contributed by atoms with van der Waals surface area (Å²) in [5.74, 6) is -0.152. The molecule has 0 unspecified atom stereocenters. The Morgan fingerprint density at radius 2 is 2.00 bits per heavy atom. The molecule has 0 saturated carbocycles. The number of hydrogen-bond donors (Lipinski definition) is 0. The molecule has 0 aliphatic carbocycles. The monoisotopic (exact) mass is 270 g/mol. The molecule has 4 heteroatoms. The van der Waals surface area contributed by atoms with Crippen LogP contribution >= 0.6 is 0 Å². The molecule has 0 aromatic heterocycles. The van der Waals surface area contributed by atoms with Gasteiger partial charge in [0.15, 0.2) is 11.6 Å². The summed E-state index contributed by atoms with van der Waals surface area (Å²) < 4.78 is 18.5. The maximum atomic E-state index is 13.7. The molecule has 0 heterocycles. The predicted octanol–water partition coefficient (Wildman–Crippen LogP) is 3.34. The highest BCUT2D eigenvalue weighted by molar-refractivity contribution is 5.58. The minimum absolute atomic E-state index is 0.230. The zero-order valence-corrected chi connectivity index (χ0v) is 11.4. The Balaban J connectivity index is 2.21. The van der Waals surface area contributed by atoms with E-state index >= 15 is 0 Å². The van der Waals surface area contributed by atoms with Crippen molar-refractivity contribution in [3.05, 3.63) is 59.4 Å². The van der Waals surface area contributed by atoms with Gasteiger partial charge in [0.1, 0.15) is 6.07 Å². The van der Waals surface area contributed by atoms with Gasteiger partial charge < -0.3 is 9.64 Å². The molecular formula is C16H15FN2O. The van der Waals surface area contributed by atoms with Crippen LogP contribution in [0.15, 0.2) is 42.5 Å². The molecule has 3 nitrogen and oxygen atoms in total. The van der Waals surface area contributed by atoms with Crippen molar-refractivity contribution >= 4 is 5.69 Å². The summed E-state index contributed by atoms with van der Waals surface area (Å²) in [7, 11) is 3.31. The van der Waals surface area contributed by atoms with Crippen molar-refractivity contribution in [1.29, 1.82) is 5.26 Å². The molecular weight excluding hydrogens is 255 g/mol. The molecule has 0 aliphatic heterocycles. The zero-order valence-electron chi connectivity index (χ0n) is 11.4. The van der Waals surface area contributed by atoms with E-state index in [9.17, 15) is 4.39 Å². The van der Waals surface area contributed by atoms with Crippen molar-refractivity contribution in [3.8, 4) is 11.8 Å². The van der Waals surface area contributed by atoms with E-state index in [2.05, 4.69) is 6.07 Å². The van der Waals surface area contributed by atoms with E-state index < -0.39 is 0 Å². The summed E-state index contributed by atoms with van der Waals surface area (Å²) in [6, 6.07) is 14.4. The summed E-state index contributed by atoms with van der Waals surface area (Å²) >= 11 is 0. The maximum absolute atomic E-state index is 13.7. The number of nitrogens with zero attached hydrogens (tertiary/aromatic N) is 2. The predicted molar refractivity (Wildman–Crippen MR) is 76.2 cm³/mol. The molecule has 0 saturated heterocycles. The lowest BCUT2D eigenvalue weighted by molar-refractivity contribution is 0.386. The third kappa shape index (κ3) is 2.89. The highest BCUT2D eigenvalue weighted by atomic mass is 19.1. The number of nitriles is 1. The largest absolute Gasteiger partial charge is 0.494 e. The van der Waals surface area contributed by atoms with Crippen LogP contribution < -0.4 is 9.64 Å². The second-order valence-corrected chi connectivity index (χ2v) is 4.45. The second-order valence-electron chi connectivity index (χ2n) is 4.45. The van der Waals surface area contributed by atoms with Crippen LogP contribution in [0.5, 0.6) is 5.75 Å². The average molecular weight is 270 g/mol. The standard InChI is InChI=1S/C16H15FN2O/c1-19(15-6-4-3-5-13(15)10-18)11-12-7-8-16(20-2)14(17)9-12/h3-9H,11H2,1-2H3. The first-order chi connectivity index (χ1) is 9.65. The SMILES string of the molecule is COc1ccc(CN(C)c2ccccc2C#N)cc1F. The third-order valence-electron chi connectivity index (χ3n) is 3.07. The lowest BCUT2D eigenvalue weighted by Gasteiger charge is -2.20. The second kappa shape index (κ2) is 6.07. The molecule has 0 radical (unpaired) electrons. The number of halogens is 1. The van der Waals surface area contributed by atoms with Gasteiger partial charge in [0.25, 0.3) is 0 Å². The molecule has 2 aromatic carbocycles. The molecule has 0 spiro atoms. The Morgan fingerprint density at radius 3 is 2.65 bits per heavy atom. The van der Waals surface area contributed by atoms with Gasteiger partial charge in [-0.2, -0.15) is 5.26 Å². The molecule has 0 fully saturated rings. The fourth-order valence-corrected chi connectivity index (χ4v) is 2.07. The van der Waals surface area contributed by atoms with E-state index in [4.69, 9.17) is 10.00 Å². The lowest BCUT2D eigenvalue weighted by atomic mass is 10.1. The van der Waals surface area contributed by atoms with Crippen LogP contribution in [0.1, 0.15) is 11.1 Å². The van der Waals surface area contributed by atoms with Crippen molar-refractivity contribution in [1.82, 2.24) is 0 Å². The number of anilines is 1. The van der Waals surface area contributed by atoms with Crippen LogP contribution in [-0.4, -0.2) is 14.2 Å². The Morgan fingerprint density at radius 1 is 1.25 bits per heavy atom. The van der Waals surface area contributed by atoms with Crippen molar-refractivity contribution in [2.75, 3.05) is 19.1 Å². The van der Waals surface area contributed by atoms with E-state index in [1.54, 1.807) is 12.1 Å².